The molecule has 0 aliphatic heterocycles. The van der Waals surface area contributed by atoms with Gasteiger partial charge >= 0.3 is 5.97 Å². The molecular formula is C11H12BrN3O4. The van der Waals surface area contributed by atoms with Crippen LogP contribution in [0.2, 0.25) is 0 Å². The lowest BCUT2D eigenvalue weighted by molar-refractivity contribution is -0.123. The maximum atomic E-state index is 11.6. The van der Waals surface area contributed by atoms with Gasteiger partial charge in [-0.05, 0) is 28.1 Å². The molecule has 0 atom stereocenters. The molecule has 0 bridgehead atoms. The second-order valence-corrected chi connectivity index (χ2v) is 4.35. The molecule has 0 aliphatic carbocycles. The number of amides is 2. The van der Waals surface area contributed by atoms with Crippen LogP contribution in [-0.4, -0.2) is 36.0 Å². The predicted molar refractivity (Wildman–Crippen MR) is 71.8 cm³/mol. The van der Waals surface area contributed by atoms with E-state index in [4.69, 9.17) is 10.8 Å². The van der Waals surface area contributed by atoms with Crippen LogP contribution in [-0.2, 0) is 9.59 Å². The molecule has 2 amide bonds. The molecule has 8 heteroatoms. The summed E-state index contributed by atoms with van der Waals surface area (Å²) in [6.45, 7) is -0.501. The molecule has 1 aromatic carbocycles. The zero-order valence-corrected chi connectivity index (χ0v) is 11.4. The Balaban J connectivity index is 2.79. The lowest BCUT2D eigenvalue weighted by atomic mass is 10.2. The molecule has 0 aliphatic rings. The summed E-state index contributed by atoms with van der Waals surface area (Å²) in [5, 5.41) is 13.7. The van der Waals surface area contributed by atoms with Gasteiger partial charge in [0.2, 0.25) is 11.8 Å². The number of hydrogen-bond acceptors (Lipinski definition) is 4. The van der Waals surface area contributed by atoms with Gasteiger partial charge in [0.25, 0.3) is 0 Å². The van der Waals surface area contributed by atoms with Crippen molar-refractivity contribution in [2.45, 2.75) is 0 Å². The Labute approximate surface area is 117 Å². The van der Waals surface area contributed by atoms with Gasteiger partial charge in [0, 0.05) is 4.47 Å². The number of nitrogens with one attached hydrogen (secondary N) is 2. The number of nitrogens with two attached hydrogens (primary N) is 1. The molecule has 102 valence electrons. The van der Waals surface area contributed by atoms with Crippen molar-refractivity contribution >= 4 is 39.4 Å². The number of carboxylic acid groups (broad SMARTS) is 1. The van der Waals surface area contributed by atoms with Crippen molar-refractivity contribution in [1.29, 1.82) is 0 Å². The molecule has 5 N–H and O–H groups in total. The average Bonchev–Trinajstić information content (AvgIpc) is 2.38. The van der Waals surface area contributed by atoms with Crippen molar-refractivity contribution in [2.24, 2.45) is 5.73 Å². The smallest absolute Gasteiger partial charge is 0.337 e. The third kappa shape index (κ3) is 4.34. The summed E-state index contributed by atoms with van der Waals surface area (Å²) >= 11 is 3.15. The highest BCUT2D eigenvalue weighted by atomic mass is 79.9. The zero-order valence-electron chi connectivity index (χ0n) is 9.77. The fourth-order valence-corrected chi connectivity index (χ4v) is 1.73. The first-order chi connectivity index (χ1) is 8.95. The second-order valence-electron chi connectivity index (χ2n) is 3.50. The number of carbonyl (C=O) groups excluding carboxylic acids is 2. The number of para-hydroxylation sites is 1. The summed E-state index contributed by atoms with van der Waals surface area (Å²) in [5.74, 6) is -2.18. The summed E-state index contributed by atoms with van der Waals surface area (Å²) in [4.78, 5) is 33.5. The molecule has 0 saturated carbocycles. The van der Waals surface area contributed by atoms with Crippen molar-refractivity contribution in [3.63, 3.8) is 0 Å². The Kier molecular flexibility index (Phi) is 5.46. The summed E-state index contributed by atoms with van der Waals surface area (Å²) in [6, 6.07) is 4.50. The zero-order chi connectivity index (χ0) is 14.4. The highest BCUT2D eigenvalue weighted by Crippen LogP contribution is 2.26. The van der Waals surface area contributed by atoms with E-state index in [2.05, 4.69) is 26.6 Å². The van der Waals surface area contributed by atoms with Gasteiger partial charge in [-0.15, -0.1) is 0 Å². The minimum absolute atomic E-state index is 0.0483. The number of hydrogen-bond donors (Lipinski definition) is 4. The Hall–Kier alpha value is -1.93. The van der Waals surface area contributed by atoms with Crippen LogP contribution < -0.4 is 16.4 Å². The molecule has 1 rings (SSSR count). The molecule has 0 unspecified atom stereocenters. The van der Waals surface area contributed by atoms with Gasteiger partial charge in [-0.25, -0.2) is 4.79 Å². The number of halogens is 1. The average molecular weight is 330 g/mol. The first-order valence-corrected chi connectivity index (χ1v) is 6.03. The van der Waals surface area contributed by atoms with Crippen LogP contribution in [0.4, 0.5) is 5.69 Å². The number of benzene rings is 1. The summed E-state index contributed by atoms with van der Waals surface area (Å²) < 4.78 is 0.436. The molecule has 0 spiro atoms. The fraction of sp³-hybridized carbons (Fsp3) is 0.182. The minimum atomic E-state index is -1.16. The summed E-state index contributed by atoms with van der Waals surface area (Å²) in [6.07, 6.45) is 0. The Bertz CT molecular complexity index is 519. The van der Waals surface area contributed by atoms with E-state index >= 15 is 0 Å². The molecular weight excluding hydrogens is 318 g/mol. The van der Waals surface area contributed by atoms with Gasteiger partial charge in [-0.3, -0.25) is 9.59 Å². The molecule has 0 radical (unpaired) electrons. The van der Waals surface area contributed by atoms with Crippen molar-refractivity contribution in [1.82, 2.24) is 5.32 Å². The maximum Gasteiger partial charge on any atom is 0.337 e. The first-order valence-electron chi connectivity index (χ1n) is 5.24. The van der Waals surface area contributed by atoms with Crippen LogP contribution in [0.5, 0.6) is 0 Å². The van der Waals surface area contributed by atoms with Crippen LogP contribution in [0.1, 0.15) is 10.4 Å². The summed E-state index contributed by atoms with van der Waals surface area (Å²) in [7, 11) is 0. The Morgan fingerprint density at radius 1 is 1.26 bits per heavy atom. The maximum absolute atomic E-state index is 11.6. The molecule has 0 fully saturated rings. The summed E-state index contributed by atoms with van der Waals surface area (Å²) in [5.41, 5.74) is 5.16. The number of aromatic carboxylic acids is 1. The van der Waals surface area contributed by atoms with E-state index in [1.807, 2.05) is 0 Å². The SMILES string of the molecule is NCC(=O)NCC(=O)Nc1c(Br)cccc1C(=O)O. The van der Waals surface area contributed by atoms with Gasteiger partial charge in [0.15, 0.2) is 0 Å². The van der Waals surface area contributed by atoms with E-state index in [1.54, 1.807) is 12.1 Å². The van der Waals surface area contributed by atoms with Crippen LogP contribution in [0.3, 0.4) is 0 Å². The topological polar surface area (TPSA) is 122 Å². The van der Waals surface area contributed by atoms with Gasteiger partial charge < -0.3 is 21.5 Å². The lowest BCUT2D eigenvalue weighted by Gasteiger charge is -2.10. The molecule has 0 heterocycles. The molecule has 7 nitrogen and oxygen atoms in total. The Morgan fingerprint density at radius 3 is 2.53 bits per heavy atom. The molecule has 19 heavy (non-hydrogen) atoms. The highest BCUT2D eigenvalue weighted by Gasteiger charge is 2.15. The second kappa shape index (κ2) is 6.86. The third-order valence-corrected chi connectivity index (χ3v) is 2.80. The van der Waals surface area contributed by atoms with E-state index in [0.717, 1.165) is 0 Å². The quantitative estimate of drug-likeness (QED) is 0.613. The lowest BCUT2D eigenvalue weighted by Crippen LogP contribution is -2.36. The number of carbonyl (C=O) groups is 3. The predicted octanol–water partition coefficient (Wildman–Crippen LogP) is 0.161. The van der Waals surface area contributed by atoms with Crippen LogP contribution in [0.15, 0.2) is 22.7 Å². The minimum Gasteiger partial charge on any atom is -0.478 e. The van der Waals surface area contributed by atoms with Gasteiger partial charge in [-0.1, -0.05) is 6.07 Å². The van der Waals surface area contributed by atoms with Crippen LogP contribution in [0.25, 0.3) is 0 Å². The third-order valence-electron chi connectivity index (χ3n) is 2.14. The van der Waals surface area contributed by atoms with Crippen molar-refractivity contribution in [3.05, 3.63) is 28.2 Å². The van der Waals surface area contributed by atoms with E-state index in [0.29, 0.717) is 4.47 Å². The van der Waals surface area contributed by atoms with E-state index in [9.17, 15) is 14.4 Å². The van der Waals surface area contributed by atoms with E-state index in [1.165, 1.54) is 6.07 Å². The van der Waals surface area contributed by atoms with Gasteiger partial charge in [-0.2, -0.15) is 0 Å². The van der Waals surface area contributed by atoms with E-state index < -0.39 is 17.8 Å². The van der Waals surface area contributed by atoms with Crippen molar-refractivity contribution < 1.29 is 19.5 Å². The number of rotatable bonds is 5. The molecule has 0 saturated heterocycles. The fourth-order valence-electron chi connectivity index (χ4n) is 1.26. The van der Waals surface area contributed by atoms with Crippen LogP contribution >= 0.6 is 15.9 Å². The molecule has 1 aromatic rings. The molecule has 0 aromatic heterocycles. The largest absolute Gasteiger partial charge is 0.478 e. The van der Waals surface area contributed by atoms with Gasteiger partial charge in [0.1, 0.15) is 0 Å². The van der Waals surface area contributed by atoms with Gasteiger partial charge in [0.05, 0.1) is 24.3 Å². The normalized spacial score (nSPS) is 9.79. The standard InChI is InChI=1S/C11H12BrN3O4/c12-7-3-1-2-6(11(18)19)10(7)15-9(17)5-14-8(16)4-13/h1-3H,4-5,13H2,(H,14,16)(H,15,17)(H,18,19). The van der Waals surface area contributed by atoms with Crippen molar-refractivity contribution in [2.75, 3.05) is 18.4 Å². The monoisotopic (exact) mass is 329 g/mol. The van der Waals surface area contributed by atoms with E-state index in [-0.39, 0.29) is 24.3 Å². The number of anilines is 1. The number of carboxylic acids is 1. The highest BCUT2D eigenvalue weighted by molar-refractivity contribution is 9.10. The van der Waals surface area contributed by atoms with Crippen molar-refractivity contribution in [3.8, 4) is 0 Å². The Morgan fingerprint density at radius 2 is 1.95 bits per heavy atom. The first kappa shape index (κ1) is 15.1. The van der Waals surface area contributed by atoms with Crippen LogP contribution in [0, 0.1) is 0 Å².